The summed E-state index contributed by atoms with van der Waals surface area (Å²) in [7, 11) is 1.71. The van der Waals surface area contributed by atoms with Crippen molar-refractivity contribution in [3.63, 3.8) is 0 Å². The van der Waals surface area contributed by atoms with Crippen LogP contribution in [-0.2, 0) is 18.3 Å². The number of alkyl halides is 3. The molecule has 1 aromatic heterocycles. The number of hydrogen-bond acceptors (Lipinski definition) is 3. The van der Waals surface area contributed by atoms with Gasteiger partial charge in [-0.25, -0.2) is 0 Å². The Labute approximate surface area is 102 Å². The molecule has 0 bridgehead atoms. The first-order valence-electron chi connectivity index (χ1n) is 5.27. The van der Waals surface area contributed by atoms with Crippen molar-refractivity contribution in [1.29, 1.82) is 0 Å². The molecular formula is C10H15F3N4O. The summed E-state index contributed by atoms with van der Waals surface area (Å²) in [6.45, 7) is 0.716. The zero-order valence-corrected chi connectivity index (χ0v) is 10.1. The van der Waals surface area contributed by atoms with Crippen LogP contribution in [0, 0.1) is 0 Å². The first-order valence-corrected chi connectivity index (χ1v) is 5.27. The predicted molar refractivity (Wildman–Crippen MR) is 58.6 cm³/mol. The summed E-state index contributed by atoms with van der Waals surface area (Å²) in [5, 5.41) is 6.07. The van der Waals surface area contributed by atoms with Gasteiger partial charge in [0.2, 0.25) is 5.91 Å². The standard InChI is InChI=1S/C10H15F3N4O/c1-9(14,10(11,12)13)8(18)15-5-3-7-4-6-16-17(7)2/h4,6H,3,5,14H2,1-2H3,(H,15,18). The van der Waals surface area contributed by atoms with Gasteiger partial charge in [0, 0.05) is 31.9 Å². The minimum Gasteiger partial charge on any atom is -0.354 e. The van der Waals surface area contributed by atoms with Crippen LogP contribution >= 0.6 is 0 Å². The van der Waals surface area contributed by atoms with E-state index >= 15 is 0 Å². The first kappa shape index (κ1) is 14.5. The molecule has 0 aromatic carbocycles. The Bertz CT molecular complexity index is 425. The highest BCUT2D eigenvalue weighted by atomic mass is 19.4. The maximum atomic E-state index is 12.4. The van der Waals surface area contributed by atoms with Gasteiger partial charge in [0.25, 0.3) is 0 Å². The molecule has 0 aliphatic heterocycles. The fraction of sp³-hybridized carbons (Fsp3) is 0.600. The molecule has 102 valence electrons. The Balaban J connectivity index is 2.50. The molecule has 0 saturated heterocycles. The summed E-state index contributed by atoms with van der Waals surface area (Å²) < 4.78 is 38.9. The van der Waals surface area contributed by atoms with Crippen LogP contribution in [-0.4, -0.2) is 33.9 Å². The van der Waals surface area contributed by atoms with E-state index in [1.807, 2.05) is 0 Å². The van der Waals surface area contributed by atoms with E-state index in [1.165, 1.54) is 0 Å². The largest absolute Gasteiger partial charge is 0.415 e. The Morgan fingerprint density at radius 2 is 2.17 bits per heavy atom. The molecule has 1 aromatic rings. The lowest BCUT2D eigenvalue weighted by Gasteiger charge is -2.26. The molecule has 8 heteroatoms. The van der Waals surface area contributed by atoms with Crippen LogP contribution in [0.25, 0.3) is 0 Å². The van der Waals surface area contributed by atoms with Crippen molar-refractivity contribution < 1.29 is 18.0 Å². The van der Waals surface area contributed by atoms with Crippen molar-refractivity contribution in [2.45, 2.75) is 25.1 Å². The number of rotatable bonds is 4. The molecule has 0 radical (unpaired) electrons. The fourth-order valence-electron chi connectivity index (χ4n) is 1.26. The van der Waals surface area contributed by atoms with E-state index in [0.717, 1.165) is 5.69 Å². The summed E-state index contributed by atoms with van der Waals surface area (Å²) in [5.74, 6) is -1.24. The van der Waals surface area contributed by atoms with Crippen LogP contribution in [0.2, 0.25) is 0 Å². The number of carbonyl (C=O) groups excluding carboxylic acids is 1. The second-order valence-electron chi connectivity index (χ2n) is 4.15. The summed E-state index contributed by atoms with van der Waals surface area (Å²) in [6, 6.07) is 1.72. The van der Waals surface area contributed by atoms with Gasteiger partial charge in [-0.3, -0.25) is 9.48 Å². The van der Waals surface area contributed by atoms with Crippen molar-refractivity contribution in [3.8, 4) is 0 Å². The van der Waals surface area contributed by atoms with E-state index < -0.39 is 17.6 Å². The Hall–Kier alpha value is -1.57. The molecule has 18 heavy (non-hydrogen) atoms. The molecule has 3 N–H and O–H groups in total. The average Bonchev–Trinajstić information content (AvgIpc) is 2.62. The highest BCUT2D eigenvalue weighted by molar-refractivity contribution is 5.86. The van der Waals surface area contributed by atoms with E-state index in [-0.39, 0.29) is 6.54 Å². The van der Waals surface area contributed by atoms with Crippen LogP contribution < -0.4 is 11.1 Å². The van der Waals surface area contributed by atoms with Gasteiger partial charge in [0.15, 0.2) is 5.54 Å². The summed E-state index contributed by atoms with van der Waals surface area (Å²) >= 11 is 0. The van der Waals surface area contributed by atoms with Crippen LogP contribution in [0.3, 0.4) is 0 Å². The quantitative estimate of drug-likeness (QED) is 0.824. The van der Waals surface area contributed by atoms with Crippen molar-refractivity contribution in [2.75, 3.05) is 6.54 Å². The van der Waals surface area contributed by atoms with Gasteiger partial charge in [0.05, 0.1) is 0 Å². The molecule has 1 rings (SSSR count). The monoisotopic (exact) mass is 264 g/mol. The zero-order chi connectivity index (χ0) is 14.0. The molecule has 5 nitrogen and oxygen atoms in total. The molecule has 0 aliphatic rings. The SMILES string of the molecule is Cn1nccc1CCNC(=O)C(C)(N)C(F)(F)F. The molecule has 1 unspecified atom stereocenters. The van der Waals surface area contributed by atoms with E-state index in [2.05, 4.69) is 10.4 Å². The summed E-state index contributed by atoms with van der Waals surface area (Å²) in [4.78, 5) is 11.3. The number of aromatic nitrogens is 2. The number of carbonyl (C=O) groups is 1. The summed E-state index contributed by atoms with van der Waals surface area (Å²) in [5.41, 5.74) is 2.90. The number of nitrogens with two attached hydrogens (primary N) is 1. The second kappa shape index (κ2) is 4.97. The lowest BCUT2D eigenvalue weighted by atomic mass is 10.0. The summed E-state index contributed by atoms with van der Waals surface area (Å²) in [6.07, 6.45) is -2.82. The number of nitrogens with one attached hydrogen (secondary N) is 1. The number of nitrogens with zero attached hydrogens (tertiary/aromatic N) is 2. The predicted octanol–water partition coefficient (Wildman–Crippen LogP) is 0.358. The van der Waals surface area contributed by atoms with Crippen molar-refractivity contribution in [1.82, 2.24) is 15.1 Å². The van der Waals surface area contributed by atoms with Gasteiger partial charge in [-0.1, -0.05) is 0 Å². The van der Waals surface area contributed by atoms with E-state index in [9.17, 15) is 18.0 Å². The maximum Gasteiger partial charge on any atom is 0.415 e. The molecule has 1 atom stereocenters. The lowest BCUT2D eigenvalue weighted by molar-refractivity contribution is -0.187. The normalized spacial score (nSPS) is 15.2. The third kappa shape index (κ3) is 3.00. The molecule has 0 aliphatic carbocycles. The Kier molecular flexibility index (Phi) is 4.00. The lowest BCUT2D eigenvalue weighted by Crippen LogP contribution is -2.61. The number of aryl methyl sites for hydroxylation is 1. The van der Waals surface area contributed by atoms with Gasteiger partial charge in [-0.2, -0.15) is 18.3 Å². The van der Waals surface area contributed by atoms with Crippen LogP contribution in [0.1, 0.15) is 12.6 Å². The minimum absolute atomic E-state index is 0.0707. The number of halogens is 3. The Morgan fingerprint density at radius 3 is 2.61 bits per heavy atom. The fourth-order valence-corrected chi connectivity index (χ4v) is 1.26. The van der Waals surface area contributed by atoms with Gasteiger partial charge in [-0.05, 0) is 13.0 Å². The van der Waals surface area contributed by atoms with Gasteiger partial charge >= 0.3 is 6.18 Å². The maximum absolute atomic E-state index is 12.4. The highest BCUT2D eigenvalue weighted by Crippen LogP contribution is 2.27. The third-order valence-electron chi connectivity index (χ3n) is 2.65. The van der Waals surface area contributed by atoms with E-state index in [4.69, 9.17) is 5.73 Å². The first-order chi connectivity index (χ1) is 8.16. The van der Waals surface area contributed by atoms with Crippen molar-refractivity contribution in [2.24, 2.45) is 12.8 Å². The topological polar surface area (TPSA) is 72.9 Å². The minimum atomic E-state index is -4.77. The van der Waals surface area contributed by atoms with Crippen LogP contribution in [0.4, 0.5) is 13.2 Å². The molecular weight excluding hydrogens is 249 g/mol. The van der Waals surface area contributed by atoms with Crippen LogP contribution in [0.15, 0.2) is 12.3 Å². The van der Waals surface area contributed by atoms with Crippen molar-refractivity contribution in [3.05, 3.63) is 18.0 Å². The van der Waals surface area contributed by atoms with Gasteiger partial charge in [0.1, 0.15) is 0 Å². The highest BCUT2D eigenvalue weighted by Gasteiger charge is 2.53. The van der Waals surface area contributed by atoms with Crippen LogP contribution in [0.5, 0.6) is 0 Å². The van der Waals surface area contributed by atoms with E-state index in [0.29, 0.717) is 13.3 Å². The number of amides is 1. The van der Waals surface area contributed by atoms with Gasteiger partial charge < -0.3 is 11.1 Å². The second-order valence-corrected chi connectivity index (χ2v) is 4.15. The third-order valence-corrected chi connectivity index (χ3v) is 2.65. The zero-order valence-electron chi connectivity index (χ0n) is 10.1. The molecule has 0 fully saturated rings. The smallest absolute Gasteiger partial charge is 0.354 e. The van der Waals surface area contributed by atoms with E-state index in [1.54, 1.807) is 24.0 Å². The molecule has 1 amide bonds. The molecule has 0 saturated carbocycles. The average molecular weight is 264 g/mol. The van der Waals surface area contributed by atoms with Gasteiger partial charge in [-0.15, -0.1) is 0 Å². The Morgan fingerprint density at radius 1 is 1.56 bits per heavy atom. The number of hydrogen-bond donors (Lipinski definition) is 2. The van der Waals surface area contributed by atoms with Crippen molar-refractivity contribution >= 4 is 5.91 Å². The molecule has 0 spiro atoms. The molecule has 1 heterocycles.